The Balaban J connectivity index is 1.95. The molecule has 2 atom stereocenters. The highest BCUT2D eigenvalue weighted by atomic mass is 16.2. The molecule has 146 valence electrons. The molecule has 2 N–H and O–H groups in total. The molecule has 0 saturated carbocycles. The summed E-state index contributed by atoms with van der Waals surface area (Å²) in [6.45, 7) is 4.01. The van der Waals surface area contributed by atoms with Crippen LogP contribution in [0.25, 0.3) is 11.1 Å². The molecule has 0 bridgehead atoms. The molecule has 6 heteroatoms. The fourth-order valence-corrected chi connectivity index (χ4v) is 3.36. The normalized spacial score (nSPS) is 16.5. The molecule has 0 aliphatic carbocycles. The summed E-state index contributed by atoms with van der Waals surface area (Å²) in [5.41, 5.74) is 3.33. The molecule has 1 heterocycles. The number of hydrogen-bond acceptors (Lipinski definition) is 3. The molecule has 0 fully saturated rings. The third-order valence-electron chi connectivity index (χ3n) is 5.03. The lowest BCUT2D eigenvalue weighted by molar-refractivity contribution is -0.136. The van der Waals surface area contributed by atoms with Crippen LogP contribution in [0.3, 0.4) is 0 Å². The van der Waals surface area contributed by atoms with Crippen molar-refractivity contribution in [2.75, 3.05) is 18.5 Å². The van der Waals surface area contributed by atoms with Gasteiger partial charge in [-0.25, -0.2) is 0 Å². The third kappa shape index (κ3) is 3.63. The number of fused-ring (bicyclic) bond motifs is 3. The number of carbonyl (C=O) groups excluding carboxylic acids is 3. The number of para-hydroxylation sites is 1. The van der Waals surface area contributed by atoms with E-state index in [1.165, 1.54) is 0 Å². The van der Waals surface area contributed by atoms with Crippen LogP contribution in [-0.4, -0.2) is 31.3 Å². The quantitative estimate of drug-likeness (QED) is 0.784. The van der Waals surface area contributed by atoms with E-state index in [2.05, 4.69) is 10.6 Å². The van der Waals surface area contributed by atoms with Gasteiger partial charge in [0.05, 0.1) is 5.69 Å². The van der Waals surface area contributed by atoms with Gasteiger partial charge in [-0.2, -0.15) is 0 Å². The Morgan fingerprint density at radius 1 is 1.04 bits per heavy atom. The molecule has 6 nitrogen and oxygen atoms in total. The van der Waals surface area contributed by atoms with E-state index in [-0.39, 0.29) is 11.8 Å². The average molecular weight is 379 g/mol. The Hall–Kier alpha value is -3.15. The van der Waals surface area contributed by atoms with Crippen molar-refractivity contribution in [3.8, 4) is 11.1 Å². The van der Waals surface area contributed by atoms with Crippen molar-refractivity contribution in [3.05, 3.63) is 54.1 Å². The molecule has 1 aliphatic rings. The van der Waals surface area contributed by atoms with Gasteiger partial charge in [-0.05, 0) is 30.5 Å². The SMILES string of the molecule is CCCNC(=O)C(C)C(=O)NC1C(=O)N(C)c2ccccc2-c2ccccc21. The van der Waals surface area contributed by atoms with Gasteiger partial charge in [0.25, 0.3) is 5.91 Å². The molecule has 2 aromatic carbocycles. The highest BCUT2D eigenvalue weighted by molar-refractivity contribution is 6.07. The van der Waals surface area contributed by atoms with Crippen molar-refractivity contribution in [1.82, 2.24) is 10.6 Å². The van der Waals surface area contributed by atoms with Gasteiger partial charge in [-0.1, -0.05) is 49.4 Å². The van der Waals surface area contributed by atoms with Gasteiger partial charge in [0.1, 0.15) is 12.0 Å². The van der Waals surface area contributed by atoms with Gasteiger partial charge in [-0.15, -0.1) is 0 Å². The molecule has 0 spiro atoms. The smallest absolute Gasteiger partial charge is 0.253 e. The van der Waals surface area contributed by atoms with Crippen LogP contribution in [0.1, 0.15) is 31.9 Å². The Labute approximate surface area is 164 Å². The lowest BCUT2D eigenvalue weighted by Crippen LogP contribution is -2.45. The minimum atomic E-state index is -0.887. The summed E-state index contributed by atoms with van der Waals surface area (Å²) in [6, 6.07) is 14.3. The number of amides is 3. The first kappa shape index (κ1) is 19.6. The zero-order valence-corrected chi connectivity index (χ0v) is 16.4. The number of hydrogen-bond donors (Lipinski definition) is 2. The standard InChI is InChI=1S/C22H25N3O3/c1-4-13-23-20(26)14(2)21(27)24-19-17-11-6-5-9-15(17)16-10-7-8-12-18(16)25(3)22(19)28/h5-12,14,19H,4,13H2,1-3H3,(H,23,26)(H,24,27). The van der Waals surface area contributed by atoms with E-state index in [1.807, 2.05) is 55.5 Å². The van der Waals surface area contributed by atoms with Crippen LogP contribution < -0.4 is 15.5 Å². The maximum Gasteiger partial charge on any atom is 0.253 e. The summed E-state index contributed by atoms with van der Waals surface area (Å²) in [6.07, 6.45) is 0.789. The first-order chi connectivity index (χ1) is 13.5. The van der Waals surface area contributed by atoms with E-state index >= 15 is 0 Å². The molecule has 0 saturated heterocycles. The van der Waals surface area contributed by atoms with Crippen molar-refractivity contribution in [2.45, 2.75) is 26.3 Å². The number of nitrogens with one attached hydrogen (secondary N) is 2. The predicted octanol–water partition coefficient (Wildman–Crippen LogP) is 2.65. The maximum absolute atomic E-state index is 13.2. The summed E-state index contributed by atoms with van der Waals surface area (Å²) in [5, 5.41) is 5.52. The maximum atomic E-state index is 13.2. The molecule has 0 aromatic heterocycles. The second-order valence-corrected chi connectivity index (χ2v) is 6.96. The molecular weight excluding hydrogens is 354 g/mol. The number of anilines is 1. The van der Waals surface area contributed by atoms with E-state index in [4.69, 9.17) is 0 Å². The van der Waals surface area contributed by atoms with Gasteiger partial charge in [0.15, 0.2) is 0 Å². The molecule has 3 amide bonds. The Kier molecular flexibility index (Phi) is 5.78. The third-order valence-corrected chi connectivity index (χ3v) is 5.03. The Bertz CT molecular complexity index is 909. The molecule has 2 aromatic rings. The monoisotopic (exact) mass is 379 g/mol. The zero-order valence-electron chi connectivity index (χ0n) is 16.4. The van der Waals surface area contributed by atoms with Gasteiger partial charge >= 0.3 is 0 Å². The minimum absolute atomic E-state index is 0.244. The summed E-state index contributed by atoms with van der Waals surface area (Å²) in [4.78, 5) is 39.6. The van der Waals surface area contributed by atoms with Crippen LogP contribution in [0.2, 0.25) is 0 Å². The average Bonchev–Trinajstić information content (AvgIpc) is 2.81. The van der Waals surface area contributed by atoms with E-state index in [9.17, 15) is 14.4 Å². The van der Waals surface area contributed by atoms with E-state index < -0.39 is 17.9 Å². The molecule has 1 aliphatic heterocycles. The first-order valence-corrected chi connectivity index (χ1v) is 9.49. The number of rotatable bonds is 5. The van der Waals surface area contributed by atoms with Crippen molar-refractivity contribution in [1.29, 1.82) is 0 Å². The van der Waals surface area contributed by atoms with Crippen molar-refractivity contribution >= 4 is 23.4 Å². The largest absolute Gasteiger partial charge is 0.355 e. The predicted molar refractivity (Wildman–Crippen MR) is 109 cm³/mol. The zero-order chi connectivity index (χ0) is 20.3. The number of nitrogens with zero attached hydrogens (tertiary/aromatic N) is 1. The molecule has 0 radical (unpaired) electrons. The van der Waals surface area contributed by atoms with Gasteiger partial charge in [-0.3, -0.25) is 14.4 Å². The molecule has 2 unspecified atom stereocenters. The highest BCUT2D eigenvalue weighted by Gasteiger charge is 2.34. The molecule has 28 heavy (non-hydrogen) atoms. The fraction of sp³-hybridized carbons (Fsp3) is 0.318. The van der Waals surface area contributed by atoms with Crippen LogP contribution in [0.4, 0.5) is 5.69 Å². The second-order valence-electron chi connectivity index (χ2n) is 6.96. The fourth-order valence-electron chi connectivity index (χ4n) is 3.36. The van der Waals surface area contributed by atoms with Crippen molar-refractivity contribution < 1.29 is 14.4 Å². The topological polar surface area (TPSA) is 78.5 Å². The summed E-state index contributed by atoms with van der Waals surface area (Å²) >= 11 is 0. The van der Waals surface area contributed by atoms with E-state index in [0.29, 0.717) is 6.54 Å². The van der Waals surface area contributed by atoms with Gasteiger partial charge in [0, 0.05) is 19.2 Å². The Morgan fingerprint density at radius 3 is 2.39 bits per heavy atom. The second kappa shape index (κ2) is 8.25. The van der Waals surface area contributed by atoms with E-state index in [1.54, 1.807) is 18.9 Å². The number of benzene rings is 2. The minimum Gasteiger partial charge on any atom is -0.355 e. The summed E-state index contributed by atoms with van der Waals surface area (Å²) in [7, 11) is 1.70. The molecule has 3 rings (SSSR count). The van der Waals surface area contributed by atoms with Crippen LogP contribution >= 0.6 is 0 Å². The van der Waals surface area contributed by atoms with Gasteiger partial charge < -0.3 is 15.5 Å². The first-order valence-electron chi connectivity index (χ1n) is 9.49. The molecular formula is C22H25N3O3. The lowest BCUT2D eigenvalue weighted by atomic mass is 9.95. The van der Waals surface area contributed by atoms with Gasteiger partial charge in [0.2, 0.25) is 11.8 Å². The van der Waals surface area contributed by atoms with Crippen LogP contribution in [0.5, 0.6) is 0 Å². The number of likely N-dealkylation sites (N-methyl/N-ethyl adjacent to an activating group) is 1. The van der Waals surface area contributed by atoms with Crippen molar-refractivity contribution in [3.63, 3.8) is 0 Å². The summed E-state index contributed by atoms with van der Waals surface area (Å²) in [5.74, 6) is -1.94. The lowest BCUT2D eigenvalue weighted by Gasteiger charge is -2.24. The number of carbonyl (C=O) groups is 3. The van der Waals surface area contributed by atoms with E-state index in [0.717, 1.165) is 28.8 Å². The van der Waals surface area contributed by atoms with Crippen molar-refractivity contribution in [2.24, 2.45) is 5.92 Å². The highest BCUT2D eigenvalue weighted by Crippen LogP contribution is 2.39. The van der Waals surface area contributed by atoms with Crippen LogP contribution in [-0.2, 0) is 14.4 Å². The van der Waals surface area contributed by atoms with Crippen LogP contribution in [0.15, 0.2) is 48.5 Å². The summed E-state index contributed by atoms with van der Waals surface area (Å²) < 4.78 is 0. The van der Waals surface area contributed by atoms with Crippen LogP contribution in [0, 0.1) is 5.92 Å². The Morgan fingerprint density at radius 2 is 1.68 bits per heavy atom.